The van der Waals surface area contributed by atoms with Crippen LogP contribution in [0.1, 0.15) is 0 Å². The van der Waals surface area contributed by atoms with Crippen molar-refractivity contribution < 1.29 is 23.1 Å². The highest BCUT2D eigenvalue weighted by atomic mass is 19.2. The lowest BCUT2D eigenvalue weighted by Gasteiger charge is -2.09. The van der Waals surface area contributed by atoms with Crippen LogP contribution in [0.3, 0.4) is 0 Å². The standard InChI is InChI=1S/C10H8F2N2O3/c1-16-6-2-5(11)8(12)7(9(6)15)4-3-14-17-10(4)13/h2-3,15H,13H2,1H3. The number of nitrogens with two attached hydrogens (primary N) is 1. The molecule has 0 saturated heterocycles. The fourth-order valence-corrected chi connectivity index (χ4v) is 1.43. The molecule has 0 radical (unpaired) electrons. The third-order valence-corrected chi connectivity index (χ3v) is 2.24. The number of anilines is 1. The number of aromatic nitrogens is 1. The van der Waals surface area contributed by atoms with Gasteiger partial charge in [0.15, 0.2) is 23.1 Å². The Kier molecular flexibility index (Phi) is 2.58. The molecule has 0 bridgehead atoms. The Morgan fingerprint density at radius 3 is 2.71 bits per heavy atom. The van der Waals surface area contributed by atoms with Gasteiger partial charge in [-0.15, -0.1) is 0 Å². The van der Waals surface area contributed by atoms with Gasteiger partial charge in [0.1, 0.15) is 0 Å². The molecule has 17 heavy (non-hydrogen) atoms. The van der Waals surface area contributed by atoms with Gasteiger partial charge in [-0.05, 0) is 0 Å². The normalized spacial score (nSPS) is 10.5. The minimum absolute atomic E-state index is 0.0437. The number of nitrogen functional groups attached to an aromatic ring is 1. The zero-order valence-corrected chi connectivity index (χ0v) is 8.70. The molecule has 1 heterocycles. The van der Waals surface area contributed by atoms with Crippen LogP contribution in [0.5, 0.6) is 11.5 Å². The summed E-state index contributed by atoms with van der Waals surface area (Å²) in [7, 11) is 1.22. The van der Waals surface area contributed by atoms with Gasteiger partial charge in [-0.25, -0.2) is 8.78 Å². The molecule has 0 fully saturated rings. The van der Waals surface area contributed by atoms with E-state index in [9.17, 15) is 13.9 Å². The van der Waals surface area contributed by atoms with Gasteiger partial charge >= 0.3 is 0 Å². The molecule has 2 aromatic rings. The maximum atomic E-state index is 13.6. The number of halogens is 2. The average Bonchev–Trinajstić information content (AvgIpc) is 2.71. The summed E-state index contributed by atoms with van der Waals surface area (Å²) in [6.45, 7) is 0. The first kappa shape index (κ1) is 11.2. The predicted octanol–water partition coefficient (Wildman–Crippen LogP) is 1.92. The summed E-state index contributed by atoms with van der Waals surface area (Å²) in [6, 6.07) is 0.734. The number of hydrogen-bond acceptors (Lipinski definition) is 5. The Labute approximate surface area is 94.4 Å². The molecule has 0 aliphatic heterocycles. The first-order chi connectivity index (χ1) is 8.06. The lowest BCUT2D eigenvalue weighted by Crippen LogP contribution is -1.96. The maximum Gasteiger partial charge on any atom is 0.230 e. The minimum Gasteiger partial charge on any atom is -0.504 e. The number of phenols is 1. The molecule has 0 amide bonds. The summed E-state index contributed by atoms with van der Waals surface area (Å²) >= 11 is 0. The van der Waals surface area contributed by atoms with Gasteiger partial charge in [-0.3, -0.25) is 0 Å². The number of benzene rings is 1. The lowest BCUT2D eigenvalue weighted by molar-refractivity contribution is 0.366. The SMILES string of the molecule is COc1cc(F)c(F)c(-c2cnoc2N)c1O. The highest BCUT2D eigenvalue weighted by molar-refractivity contribution is 5.79. The van der Waals surface area contributed by atoms with Gasteiger partial charge in [0.2, 0.25) is 5.88 Å². The number of phenolic OH excluding ortho intramolecular Hbond substituents is 1. The van der Waals surface area contributed by atoms with Crippen molar-refractivity contribution in [3.05, 3.63) is 23.9 Å². The van der Waals surface area contributed by atoms with Crippen LogP contribution in [0.2, 0.25) is 0 Å². The molecule has 3 N–H and O–H groups in total. The maximum absolute atomic E-state index is 13.6. The zero-order chi connectivity index (χ0) is 12.6. The van der Waals surface area contributed by atoms with Gasteiger partial charge in [0.05, 0.1) is 24.4 Å². The van der Waals surface area contributed by atoms with Crippen molar-refractivity contribution in [3.8, 4) is 22.6 Å². The van der Waals surface area contributed by atoms with E-state index in [4.69, 9.17) is 10.5 Å². The molecule has 0 atom stereocenters. The van der Waals surface area contributed by atoms with Crippen LogP contribution in [0.15, 0.2) is 16.8 Å². The fraction of sp³-hybridized carbons (Fsp3) is 0.100. The first-order valence-electron chi connectivity index (χ1n) is 4.51. The monoisotopic (exact) mass is 242 g/mol. The first-order valence-corrected chi connectivity index (χ1v) is 4.51. The van der Waals surface area contributed by atoms with E-state index in [1.54, 1.807) is 0 Å². The second-order valence-corrected chi connectivity index (χ2v) is 3.20. The molecule has 1 aromatic carbocycles. The quantitative estimate of drug-likeness (QED) is 0.840. The third-order valence-electron chi connectivity index (χ3n) is 2.24. The molecule has 90 valence electrons. The third kappa shape index (κ3) is 1.65. The lowest BCUT2D eigenvalue weighted by atomic mass is 10.1. The summed E-state index contributed by atoms with van der Waals surface area (Å²) in [6.07, 6.45) is 1.08. The molecule has 0 aliphatic rings. The Morgan fingerprint density at radius 1 is 1.47 bits per heavy atom. The number of aromatic hydroxyl groups is 1. The average molecular weight is 242 g/mol. The van der Waals surface area contributed by atoms with Crippen molar-refractivity contribution in [2.24, 2.45) is 0 Å². The van der Waals surface area contributed by atoms with Gasteiger partial charge in [-0.1, -0.05) is 5.16 Å². The largest absolute Gasteiger partial charge is 0.504 e. The van der Waals surface area contributed by atoms with Crippen LogP contribution in [-0.4, -0.2) is 17.4 Å². The van der Waals surface area contributed by atoms with Gasteiger partial charge in [-0.2, -0.15) is 0 Å². The summed E-state index contributed by atoms with van der Waals surface area (Å²) in [5, 5.41) is 13.1. The van der Waals surface area contributed by atoms with Gasteiger partial charge in [0, 0.05) is 6.07 Å². The van der Waals surface area contributed by atoms with E-state index in [1.165, 1.54) is 7.11 Å². The highest BCUT2D eigenvalue weighted by Crippen LogP contribution is 2.42. The van der Waals surface area contributed by atoms with Crippen molar-refractivity contribution >= 4 is 5.88 Å². The molecule has 2 rings (SSSR count). The molecule has 0 unspecified atom stereocenters. The van der Waals surface area contributed by atoms with Crippen molar-refractivity contribution in [2.75, 3.05) is 12.8 Å². The van der Waals surface area contributed by atoms with E-state index in [-0.39, 0.29) is 17.2 Å². The van der Waals surface area contributed by atoms with E-state index in [0.717, 1.165) is 12.3 Å². The van der Waals surface area contributed by atoms with Crippen LogP contribution >= 0.6 is 0 Å². The Bertz CT molecular complexity index is 569. The van der Waals surface area contributed by atoms with E-state index in [2.05, 4.69) is 9.68 Å². The van der Waals surface area contributed by atoms with Crippen LogP contribution in [0.25, 0.3) is 11.1 Å². The van der Waals surface area contributed by atoms with Gasteiger partial charge in [0.25, 0.3) is 0 Å². The topological polar surface area (TPSA) is 81.5 Å². The van der Waals surface area contributed by atoms with Crippen molar-refractivity contribution in [1.29, 1.82) is 0 Å². The van der Waals surface area contributed by atoms with Crippen LogP contribution in [0.4, 0.5) is 14.7 Å². The smallest absolute Gasteiger partial charge is 0.230 e. The second kappa shape index (κ2) is 3.93. The van der Waals surface area contributed by atoms with Crippen molar-refractivity contribution in [3.63, 3.8) is 0 Å². The summed E-state index contributed by atoms with van der Waals surface area (Å²) < 4.78 is 36.1. The second-order valence-electron chi connectivity index (χ2n) is 3.20. The van der Waals surface area contributed by atoms with E-state index in [1.807, 2.05) is 0 Å². The molecule has 7 heteroatoms. The Balaban J connectivity index is 2.76. The van der Waals surface area contributed by atoms with Gasteiger partial charge < -0.3 is 20.1 Å². The number of nitrogens with zero attached hydrogens (tertiary/aromatic N) is 1. The Hall–Kier alpha value is -2.31. The number of ether oxygens (including phenoxy) is 1. The molecule has 0 saturated carbocycles. The highest BCUT2D eigenvalue weighted by Gasteiger charge is 2.23. The number of hydrogen-bond donors (Lipinski definition) is 2. The minimum atomic E-state index is -1.25. The Morgan fingerprint density at radius 2 is 2.18 bits per heavy atom. The summed E-state index contributed by atoms with van der Waals surface area (Å²) in [5.74, 6) is -3.43. The van der Waals surface area contributed by atoms with Crippen LogP contribution < -0.4 is 10.5 Å². The summed E-state index contributed by atoms with van der Waals surface area (Å²) in [5.41, 5.74) is 4.89. The predicted molar refractivity (Wildman–Crippen MR) is 54.5 cm³/mol. The number of methoxy groups -OCH3 is 1. The molecule has 1 aromatic heterocycles. The van der Waals surface area contributed by atoms with Crippen LogP contribution in [0, 0.1) is 11.6 Å². The number of rotatable bonds is 2. The fourth-order valence-electron chi connectivity index (χ4n) is 1.43. The molecular formula is C10H8F2N2O3. The van der Waals surface area contributed by atoms with Crippen molar-refractivity contribution in [2.45, 2.75) is 0 Å². The zero-order valence-electron chi connectivity index (χ0n) is 8.70. The van der Waals surface area contributed by atoms with Crippen molar-refractivity contribution in [1.82, 2.24) is 5.16 Å². The molecule has 0 spiro atoms. The van der Waals surface area contributed by atoms with E-state index < -0.39 is 22.9 Å². The summed E-state index contributed by atoms with van der Waals surface area (Å²) in [4.78, 5) is 0. The van der Waals surface area contributed by atoms with E-state index in [0.29, 0.717) is 0 Å². The molecular weight excluding hydrogens is 234 g/mol. The molecule has 0 aliphatic carbocycles. The molecule has 5 nitrogen and oxygen atoms in total. The van der Waals surface area contributed by atoms with Crippen LogP contribution in [-0.2, 0) is 0 Å². The van der Waals surface area contributed by atoms with E-state index >= 15 is 0 Å².